The van der Waals surface area contributed by atoms with E-state index in [1.54, 1.807) is 22.9 Å². The van der Waals surface area contributed by atoms with Gasteiger partial charge in [0.15, 0.2) is 0 Å². The standard InChI is InChI=1S/C26H32FN5O2/c1-18(2)15-31(25(34)30-26(3,4)5)17-23(33)29-24-28-22(19-9-7-6-8-10-19)16-32(24)21-13-11-20(27)12-14-21/h6-14,16,18H,15,17H2,1-5H3,(H,30,34)(H,28,29,33). The van der Waals surface area contributed by atoms with Crippen LogP contribution in [-0.2, 0) is 4.79 Å². The van der Waals surface area contributed by atoms with Gasteiger partial charge in [-0.3, -0.25) is 14.7 Å². The van der Waals surface area contributed by atoms with E-state index in [0.29, 0.717) is 17.9 Å². The van der Waals surface area contributed by atoms with E-state index in [0.717, 1.165) is 5.56 Å². The fraction of sp³-hybridized carbons (Fsp3) is 0.346. The van der Waals surface area contributed by atoms with Crippen LogP contribution in [0.25, 0.3) is 16.9 Å². The summed E-state index contributed by atoms with van der Waals surface area (Å²) in [5.41, 5.74) is 1.76. The molecule has 34 heavy (non-hydrogen) atoms. The Bertz CT molecular complexity index is 1120. The van der Waals surface area contributed by atoms with Gasteiger partial charge in [0.1, 0.15) is 12.4 Å². The Balaban J connectivity index is 1.87. The highest BCUT2D eigenvalue weighted by Gasteiger charge is 2.23. The quantitative estimate of drug-likeness (QED) is 0.511. The molecule has 0 aliphatic carbocycles. The zero-order chi connectivity index (χ0) is 24.9. The van der Waals surface area contributed by atoms with Crippen molar-refractivity contribution >= 4 is 17.9 Å². The molecule has 2 aromatic carbocycles. The van der Waals surface area contributed by atoms with Crippen LogP contribution >= 0.6 is 0 Å². The molecule has 0 radical (unpaired) electrons. The molecule has 0 unspecified atom stereocenters. The highest BCUT2D eigenvalue weighted by molar-refractivity contribution is 5.93. The lowest BCUT2D eigenvalue weighted by Crippen LogP contribution is -2.51. The number of anilines is 1. The number of amides is 3. The van der Waals surface area contributed by atoms with Gasteiger partial charge in [-0.05, 0) is 51.0 Å². The van der Waals surface area contributed by atoms with E-state index < -0.39 is 5.54 Å². The lowest BCUT2D eigenvalue weighted by atomic mass is 10.1. The van der Waals surface area contributed by atoms with Gasteiger partial charge in [-0.1, -0.05) is 44.2 Å². The lowest BCUT2D eigenvalue weighted by molar-refractivity contribution is -0.116. The summed E-state index contributed by atoms with van der Waals surface area (Å²) in [5, 5.41) is 5.75. The molecule has 3 aromatic rings. The maximum absolute atomic E-state index is 13.5. The van der Waals surface area contributed by atoms with Crippen molar-refractivity contribution in [2.45, 2.75) is 40.2 Å². The maximum atomic E-state index is 13.5. The van der Waals surface area contributed by atoms with E-state index in [-0.39, 0.29) is 36.2 Å². The Labute approximate surface area is 200 Å². The summed E-state index contributed by atoms with van der Waals surface area (Å²) in [7, 11) is 0. The third-order valence-electron chi connectivity index (χ3n) is 4.82. The number of carbonyl (C=O) groups excluding carboxylic acids is 2. The van der Waals surface area contributed by atoms with Crippen LogP contribution in [0.1, 0.15) is 34.6 Å². The molecule has 3 rings (SSSR count). The molecule has 0 bridgehead atoms. The van der Waals surface area contributed by atoms with Gasteiger partial charge in [0.25, 0.3) is 0 Å². The second-order valence-corrected chi connectivity index (χ2v) is 9.66. The smallest absolute Gasteiger partial charge is 0.318 e. The number of nitrogens with one attached hydrogen (secondary N) is 2. The van der Waals surface area contributed by atoms with Crippen molar-refractivity contribution in [2.75, 3.05) is 18.4 Å². The van der Waals surface area contributed by atoms with Crippen molar-refractivity contribution in [3.05, 3.63) is 66.6 Å². The molecule has 0 fully saturated rings. The zero-order valence-corrected chi connectivity index (χ0v) is 20.3. The molecule has 0 atom stereocenters. The first kappa shape index (κ1) is 25.0. The van der Waals surface area contributed by atoms with Crippen LogP contribution in [-0.4, -0.2) is 45.0 Å². The Morgan fingerprint density at radius 3 is 2.29 bits per heavy atom. The van der Waals surface area contributed by atoms with Gasteiger partial charge in [0.2, 0.25) is 11.9 Å². The summed E-state index contributed by atoms with van der Waals surface area (Å²) in [6.45, 7) is 9.95. The van der Waals surface area contributed by atoms with Gasteiger partial charge in [0.05, 0.1) is 5.69 Å². The fourth-order valence-corrected chi connectivity index (χ4v) is 3.41. The fourth-order valence-electron chi connectivity index (χ4n) is 3.41. The number of halogens is 1. The van der Waals surface area contributed by atoms with Crippen molar-refractivity contribution < 1.29 is 14.0 Å². The molecule has 7 nitrogen and oxygen atoms in total. The number of aromatic nitrogens is 2. The molecule has 0 saturated carbocycles. The van der Waals surface area contributed by atoms with E-state index in [9.17, 15) is 14.0 Å². The predicted octanol–water partition coefficient (Wildman–Crippen LogP) is 5.08. The number of carbonyl (C=O) groups is 2. The van der Waals surface area contributed by atoms with Crippen molar-refractivity contribution in [2.24, 2.45) is 5.92 Å². The monoisotopic (exact) mass is 465 g/mol. The minimum Gasteiger partial charge on any atom is -0.333 e. The minimum atomic E-state index is -0.424. The number of imidazole rings is 1. The first-order valence-electron chi connectivity index (χ1n) is 11.3. The number of hydrogen-bond acceptors (Lipinski definition) is 3. The SMILES string of the molecule is CC(C)CN(CC(=O)Nc1nc(-c2ccccc2)cn1-c1ccc(F)cc1)C(=O)NC(C)(C)C. The van der Waals surface area contributed by atoms with Gasteiger partial charge in [-0.2, -0.15) is 0 Å². The number of hydrogen-bond donors (Lipinski definition) is 2. The van der Waals surface area contributed by atoms with Crippen LogP contribution in [0.2, 0.25) is 0 Å². The molecule has 1 heterocycles. The molecule has 180 valence electrons. The Hall–Kier alpha value is -3.68. The summed E-state index contributed by atoms with van der Waals surface area (Å²) < 4.78 is 15.2. The van der Waals surface area contributed by atoms with E-state index in [4.69, 9.17) is 0 Å². The number of rotatable bonds is 7. The van der Waals surface area contributed by atoms with Crippen molar-refractivity contribution in [3.63, 3.8) is 0 Å². The molecule has 0 aliphatic heterocycles. The maximum Gasteiger partial charge on any atom is 0.318 e. The normalized spacial score (nSPS) is 11.4. The Morgan fingerprint density at radius 2 is 1.71 bits per heavy atom. The third kappa shape index (κ3) is 6.91. The highest BCUT2D eigenvalue weighted by Crippen LogP contribution is 2.24. The number of urea groups is 1. The van der Waals surface area contributed by atoms with Gasteiger partial charge >= 0.3 is 6.03 Å². The summed E-state index contributed by atoms with van der Waals surface area (Å²) in [6, 6.07) is 15.2. The third-order valence-corrected chi connectivity index (χ3v) is 4.82. The van der Waals surface area contributed by atoms with Crippen LogP contribution in [0.4, 0.5) is 15.1 Å². The summed E-state index contributed by atoms with van der Waals surface area (Å²) >= 11 is 0. The molecule has 8 heteroatoms. The van der Waals surface area contributed by atoms with Crippen molar-refractivity contribution in [1.29, 1.82) is 0 Å². The molecule has 0 spiro atoms. The number of benzene rings is 2. The van der Waals surface area contributed by atoms with Crippen molar-refractivity contribution in [3.8, 4) is 16.9 Å². The Kier molecular flexibility index (Phi) is 7.71. The topological polar surface area (TPSA) is 79.3 Å². The average molecular weight is 466 g/mol. The second kappa shape index (κ2) is 10.5. The minimum absolute atomic E-state index is 0.128. The predicted molar refractivity (Wildman–Crippen MR) is 132 cm³/mol. The second-order valence-electron chi connectivity index (χ2n) is 9.66. The molecular formula is C26H32FN5O2. The first-order valence-corrected chi connectivity index (χ1v) is 11.3. The van der Waals surface area contributed by atoms with E-state index in [1.807, 2.05) is 65.0 Å². The van der Waals surface area contributed by atoms with Crippen molar-refractivity contribution in [1.82, 2.24) is 19.8 Å². The molecule has 0 aliphatic rings. The molecule has 0 saturated heterocycles. The lowest BCUT2D eigenvalue weighted by Gasteiger charge is -2.29. The van der Waals surface area contributed by atoms with Crippen LogP contribution in [0.5, 0.6) is 0 Å². The van der Waals surface area contributed by atoms with E-state index in [2.05, 4.69) is 15.6 Å². The van der Waals surface area contributed by atoms with Gasteiger partial charge in [-0.15, -0.1) is 0 Å². The molecule has 2 N–H and O–H groups in total. The van der Waals surface area contributed by atoms with Gasteiger partial charge in [-0.25, -0.2) is 14.2 Å². The largest absolute Gasteiger partial charge is 0.333 e. The van der Waals surface area contributed by atoms with Crippen LogP contribution in [0, 0.1) is 11.7 Å². The average Bonchev–Trinajstić information content (AvgIpc) is 3.16. The van der Waals surface area contributed by atoms with Gasteiger partial charge < -0.3 is 10.2 Å². The van der Waals surface area contributed by atoms with E-state index >= 15 is 0 Å². The molecular weight excluding hydrogens is 433 g/mol. The number of nitrogens with zero attached hydrogens (tertiary/aromatic N) is 3. The Morgan fingerprint density at radius 1 is 1.06 bits per heavy atom. The summed E-state index contributed by atoms with van der Waals surface area (Å²) in [6.07, 6.45) is 1.79. The molecule has 1 aromatic heterocycles. The summed E-state index contributed by atoms with van der Waals surface area (Å²) in [5.74, 6) is -0.259. The van der Waals surface area contributed by atoms with Crippen LogP contribution in [0.15, 0.2) is 60.8 Å². The summed E-state index contributed by atoms with van der Waals surface area (Å²) in [4.78, 5) is 31.9. The molecule has 3 amide bonds. The highest BCUT2D eigenvalue weighted by atomic mass is 19.1. The van der Waals surface area contributed by atoms with Crippen LogP contribution in [0.3, 0.4) is 0 Å². The van der Waals surface area contributed by atoms with Gasteiger partial charge in [0, 0.05) is 29.5 Å². The van der Waals surface area contributed by atoms with E-state index in [1.165, 1.54) is 17.0 Å². The zero-order valence-electron chi connectivity index (χ0n) is 20.3. The van der Waals surface area contributed by atoms with Crippen LogP contribution < -0.4 is 10.6 Å². The first-order chi connectivity index (χ1) is 16.0.